The van der Waals surface area contributed by atoms with E-state index in [0.29, 0.717) is 17.9 Å². The maximum Gasteiger partial charge on any atom is 0.129 e. The minimum atomic E-state index is -0.508. The summed E-state index contributed by atoms with van der Waals surface area (Å²) in [6.07, 6.45) is 7.96. The molecule has 3 nitrogen and oxygen atoms in total. The van der Waals surface area contributed by atoms with Gasteiger partial charge in [-0.15, -0.1) is 0 Å². The van der Waals surface area contributed by atoms with Crippen LogP contribution in [0.25, 0.3) is 0 Å². The van der Waals surface area contributed by atoms with Gasteiger partial charge in [0.15, 0.2) is 0 Å². The number of piperidine rings is 1. The Kier molecular flexibility index (Phi) is 5.06. The van der Waals surface area contributed by atoms with Crippen LogP contribution in [0.3, 0.4) is 0 Å². The highest BCUT2D eigenvalue weighted by Crippen LogP contribution is 2.23. The van der Waals surface area contributed by atoms with Crippen LogP contribution in [0.4, 0.5) is 8.78 Å². The fraction of sp³-hybridized carbons (Fsp3) is 0.500. The third kappa shape index (κ3) is 4.38. The van der Waals surface area contributed by atoms with Crippen molar-refractivity contribution in [2.45, 2.75) is 32.2 Å². The summed E-state index contributed by atoms with van der Waals surface area (Å²) in [6, 6.07) is 3.89. The first-order valence-electron chi connectivity index (χ1n) is 8.24. The second kappa shape index (κ2) is 7.21. The van der Waals surface area contributed by atoms with Gasteiger partial charge in [-0.05, 0) is 49.8 Å². The number of likely N-dealkylation sites (tertiary alicyclic amines) is 1. The van der Waals surface area contributed by atoms with Gasteiger partial charge < -0.3 is 0 Å². The number of benzene rings is 1. The summed E-state index contributed by atoms with van der Waals surface area (Å²) in [5.74, 6) is -0.357. The molecule has 1 fully saturated rings. The van der Waals surface area contributed by atoms with Gasteiger partial charge in [0, 0.05) is 38.0 Å². The molecule has 3 rings (SSSR count). The Balaban J connectivity index is 1.52. The standard InChI is InChI=1S/C18H23F2N3/c1-22-11-15(10-21-22)13-23-8-2-3-14(12-23)4-5-16-6-7-17(19)9-18(16)20/h6-7,9-11,14H,2-5,8,12-13H2,1H3/t14-/m0/s1. The molecule has 2 heterocycles. The Hall–Kier alpha value is -1.75. The highest BCUT2D eigenvalue weighted by molar-refractivity contribution is 5.18. The Morgan fingerprint density at radius 1 is 1.30 bits per heavy atom. The van der Waals surface area contributed by atoms with Crippen LogP contribution in [0.15, 0.2) is 30.6 Å². The molecule has 0 aliphatic carbocycles. The van der Waals surface area contributed by atoms with E-state index in [1.165, 1.54) is 24.5 Å². The molecule has 1 saturated heterocycles. The maximum atomic E-state index is 13.7. The van der Waals surface area contributed by atoms with Crippen molar-refractivity contribution in [2.75, 3.05) is 13.1 Å². The van der Waals surface area contributed by atoms with Gasteiger partial charge in [0.2, 0.25) is 0 Å². The van der Waals surface area contributed by atoms with Crippen LogP contribution in [0.2, 0.25) is 0 Å². The van der Waals surface area contributed by atoms with Crippen molar-refractivity contribution in [1.82, 2.24) is 14.7 Å². The Morgan fingerprint density at radius 3 is 2.91 bits per heavy atom. The quantitative estimate of drug-likeness (QED) is 0.840. The van der Waals surface area contributed by atoms with Crippen LogP contribution >= 0.6 is 0 Å². The van der Waals surface area contributed by atoms with E-state index in [1.54, 1.807) is 6.07 Å². The summed E-state index contributed by atoms with van der Waals surface area (Å²) in [5, 5.41) is 4.21. The van der Waals surface area contributed by atoms with Crippen molar-refractivity contribution in [3.63, 3.8) is 0 Å². The van der Waals surface area contributed by atoms with Crippen LogP contribution < -0.4 is 0 Å². The minimum absolute atomic E-state index is 0.423. The normalized spacial score (nSPS) is 19.2. The fourth-order valence-corrected chi connectivity index (χ4v) is 3.43. The zero-order chi connectivity index (χ0) is 16.2. The van der Waals surface area contributed by atoms with E-state index < -0.39 is 11.6 Å². The number of aryl methyl sites for hydroxylation is 2. The molecular formula is C18H23F2N3. The van der Waals surface area contributed by atoms with E-state index in [2.05, 4.69) is 16.2 Å². The van der Waals surface area contributed by atoms with E-state index in [0.717, 1.165) is 32.1 Å². The topological polar surface area (TPSA) is 21.1 Å². The van der Waals surface area contributed by atoms with Gasteiger partial charge in [0.1, 0.15) is 11.6 Å². The largest absolute Gasteiger partial charge is 0.299 e. The molecule has 0 saturated carbocycles. The average molecular weight is 319 g/mol. The Bertz CT molecular complexity index is 653. The van der Waals surface area contributed by atoms with Crippen LogP contribution in [0.5, 0.6) is 0 Å². The van der Waals surface area contributed by atoms with E-state index in [9.17, 15) is 8.78 Å². The molecule has 1 atom stereocenters. The van der Waals surface area contributed by atoms with Crippen LogP contribution in [0.1, 0.15) is 30.4 Å². The summed E-state index contributed by atoms with van der Waals surface area (Å²) in [5.41, 5.74) is 1.86. The molecule has 0 unspecified atom stereocenters. The molecule has 1 aromatic heterocycles. The zero-order valence-electron chi connectivity index (χ0n) is 13.5. The van der Waals surface area contributed by atoms with Crippen molar-refractivity contribution in [2.24, 2.45) is 13.0 Å². The van der Waals surface area contributed by atoms with Crippen LogP contribution in [-0.2, 0) is 20.0 Å². The first kappa shape index (κ1) is 16.1. The van der Waals surface area contributed by atoms with Gasteiger partial charge in [-0.25, -0.2) is 8.78 Å². The average Bonchev–Trinajstić information content (AvgIpc) is 2.92. The second-order valence-electron chi connectivity index (χ2n) is 6.54. The number of hydrogen-bond acceptors (Lipinski definition) is 2. The lowest BCUT2D eigenvalue weighted by Crippen LogP contribution is -2.35. The molecule has 5 heteroatoms. The lowest BCUT2D eigenvalue weighted by molar-refractivity contribution is 0.161. The predicted octanol–water partition coefficient (Wildman–Crippen LogP) is 3.54. The van der Waals surface area contributed by atoms with Crippen molar-refractivity contribution >= 4 is 0 Å². The lowest BCUT2D eigenvalue weighted by Gasteiger charge is -2.32. The van der Waals surface area contributed by atoms with Gasteiger partial charge >= 0.3 is 0 Å². The van der Waals surface area contributed by atoms with E-state index >= 15 is 0 Å². The maximum absolute atomic E-state index is 13.7. The molecule has 23 heavy (non-hydrogen) atoms. The molecule has 0 radical (unpaired) electrons. The molecule has 1 aliphatic heterocycles. The number of halogens is 2. The SMILES string of the molecule is Cn1cc(CN2CCC[C@@H](CCc3ccc(F)cc3F)C2)cn1. The van der Waals surface area contributed by atoms with Crippen LogP contribution in [0, 0.1) is 17.6 Å². The van der Waals surface area contributed by atoms with Crippen LogP contribution in [-0.4, -0.2) is 27.8 Å². The molecule has 0 spiro atoms. The molecular weight excluding hydrogens is 296 g/mol. The zero-order valence-corrected chi connectivity index (χ0v) is 13.5. The van der Waals surface area contributed by atoms with Gasteiger partial charge in [-0.3, -0.25) is 9.58 Å². The van der Waals surface area contributed by atoms with E-state index in [1.807, 2.05) is 17.9 Å². The molecule has 0 N–H and O–H groups in total. The number of nitrogens with zero attached hydrogens (tertiary/aromatic N) is 3. The molecule has 0 amide bonds. The molecule has 1 aromatic carbocycles. The number of hydrogen-bond donors (Lipinski definition) is 0. The van der Waals surface area contributed by atoms with Gasteiger partial charge in [-0.1, -0.05) is 6.07 Å². The lowest BCUT2D eigenvalue weighted by atomic mass is 9.91. The van der Waals surface area contributed by atoms with Crippen molar-refractivity contribution in [3.05, 3.63) is 53.4 Å². The van der Waals surface area contributed by atoms with Gasteiger partial charge in [0.05, 0.1) is 6.20 Å². The summed E-state index contributed by atoms with van der Waals surface area (Å²) < 4.78 is 28.5. The van der Waals surface area contributed by atoms with E-state index in [4.69, 9.17) is 0 Å². The summed E-state index contributed by atoms with van der Waals surface area (Å²) >= 11 is 0. The highest BCUT2D eigenvalue weighted by atomic mass is 19.1. The summed E-state index contributed by atoms with van der Waals surface area (Å²) in [4.78, 5) is 2.45. The molecule has 2 aromatic rings. The highest BCUT2D eigenvalue weighted by Gasteiger charge is 2.20. The third-order valence-electron chi connectivity index (χ3n) is 4.60. The van der Waals surface area contributed by atoms with Crippen molar-refractivity contribution < 1.29 is 8.78 Å². The van der Waals surface area contributed by atoms with E-state index in [-0.39, 0.29) is 0 Å². The number of aromatic nitrogens is 2. The first-order valence-corrected chi connectivity index (χ1v) is 8.24. The van der Waals surface area contributed by atoms with Crippen molar-refractivity contribution in [3.8, 4) is 0 Å². The van der Waals surface area contributed by atoms with Gasteiger partial charge in [-0.2, -0.15) is 5.10 Å². The third-order valence-corrected chi connectivity index (χ3v) is 4.60. The van der Waals surface area contributed by atoms with Crippen molar-refractivity contribution in [1.29, 1.82) is 0 Å². The molecule has 1 aliphatic rings. The predicted molar refractivity (Wildman–Crippen MR) is 85.9 cm³/mol. The second-order valence-corrected chi connectivity index (χ2v) is 6.54. The minimum Gasteiger partial charge on any atom is -0.299 e. The summed E-state index contributed by atoms with van der Waals surface area (Å²) in [7, 11) is 1.93. The smallest absolute Gasteiger partial charge is 0.129 e. The summed E-state index contributed by atoms with van der Waals surface area (Å²) in [6.45, 7) is 3.07. The molecule has 124 valence electrons. The fourth-order valence-electron chi connectivity index (χ4n) is 3.43. The first-order chi connectivity index (χ1) is 11.1. The number of rotatable bonds is 5. The monoisotopic (exact) mass is 319 g/mol. The molecule has 0 bridgehead atoms. The Labute approximate surface area is 135 Å². The van der Waals surface area contributed by atoms with Gasteiger partial charge in [0.25, 0.3) is 0 Å². The Morgan fingerprint density at radius 2 is 2.17 bits per heavy atom.